The normalized spacial score (nSPS) is 15.8. The van der Waals surface area contributed by atoms with Crippen molar-refractivity contribution in [3.63, 3.8) is 0 Å². The maximum absolute atomic E-state index is 12.5. The standard InChI is InChI=1S/C19H11NO4S/c21-17(12-4-2-1-3-5-12)16-10-13-8-11(6-7-15(13)24-16)9-14-18(22)25-19(23)20-14/h1-10H,(H,20,23). The predicted molar refractivity (Wildman–Crippen MR) is 95.2 cm³/mol. The van der Waals surface area contributed by atoms with Gasteiger partial charge in [0.05, 0.1) is 5.70 Å². The molecule has 0 bridgehead atoms. The van der Waals surface area contributed by atoms with Crippen molar-refractivity contribution < 1.29 is 18.8 Å². The van der Waals surface area contributed by atoms with E-state index in [1.807, 2.05) is 6.07 Å². The first kappa shape index (κ1) is 15.4. The van der Waals surface area contributed by atoms with Crippen LogP contribution < -0.4 is 5.32 Å². The summed E-state index contributed by atoms with van der Waals surface area (Å²) in [6, 6.07) is 15.9. The Morgan fingerprint density at radius 3 is 2.56 bits per heavy atom. The molecule has 0 atom stereocenters. The van der Waals surface area contributed by atoms with E-state index in [0.717, 1.165) is 10.9 Å². The summed E-state index contributed by atoms with van der Waals surface area (Å²) in [6.45, 7) is 0. The molecule has 0 unspecified atom stereocenters. The summed E-state index contributed by atoms with van der Waals surface area (Å²) in [5.74, 6) is 0.0677. The van der Waals surface area contributed by atoms with Crippen molar-refractivity contribution in [2.24, 2.45) is 0 Å². The van der Waals surface area contributed by atoms with Crippen LogP contribution in [-0.2, 0) is 4.79 Å². The van der Waals surface area contributed by atoms with Gasteiger partial charge in [-0.2, -0.15) is 0 Å². The zero-order valence-corrected chi connectivity index (χ0v) is 13.6. The van der Waals surface area contributed by atoms with Crippen molar-refractivity contribution in [3.8, 4) is 0 Å². The minimum absolute atomic E-state index is 0.189. The second-order valence-corrected chi connectivity index (χ2v) is 6.41. The van der Waals surface area contributed by atoms with Gasteiger partial charge in [0.2, 0.25) is 10.9 Å². The number of rotatable bonds is 3. The molecule has 1 N–H and O–H groups in total. The Balaban J connectivity index is 1.68. The highest BCUT2D eigenvalue weighted by Crippen LogP contribution is 2.25. The highest BCUT2D eigenvalue weighted by Gasteiger charge is 2.25. The van der Waals surface area contributed by atoms with Crippen LogP contribution in [0.3, 0.4) is 0 Å². The average Bonchev–Trinajstić information content (AvgIpc) is 3.17. The van der Waals surface area contributed by atoms with Crippen LogP contribution in [0.1, 0.15) is 21.7 Å². The first-order valence-corrected chi connectivity index (χ1v) is 8.30. The second-order valence-electron chi connectivity index (χ2n) is 5.46. The number of thioether (sulfide) groups is 1. The van der Waals surface area contributed by atoms with Crippen LogP contribution in [0.4, 0.5) is 4.79 Å². The summed E-state index contributed by atoms with van der Waals surface area (Å²) in [5, 5.41) is 2.56. The fourth-order valence-electron chi connectivity index (χ4n) is 2.58. The molecular weight excluding hydrogens is 338 g/mol. The molecule has 0 spiro atoms. The summed E-state index contributed by atoms with van der Waals surface area (Å²) in [5.41, 5.74) is 2.12. The third kappa shape index (κ3) is 2.99. The number of hydrogen-bond donors (Lipinski definition) is 1. The Morgan fingerprint density at radius 2 is 1.84 bits per heavy atom. The lowest BCUT2D eigenvalue weighted by molar-refractivity contribution is -0.107. The summed E-state index contributed by atoms with van der Waals surface area (Å²) >= 11 is 0.637. The van der Waals surface area contributed by atoms with Crippen LogP contribution in [0.5, 0.6) is 0 Å². The Hall–Kier alpha value is -3.12. The molecule has 6 heteroatoms. The van der Waals surface area contributed by atoms with Gasteiger partial charge in [-0.05, 0) is 29.8 Å². The quantitative estimate of drug-likeness (QED) is 0.571. The molecule has 1 aromatic heterocycles. The largest absolute Gasteiger partial charge is 0.453 e. The van der Waals surface area contributed by atoms with Crippen molar-refractivity contribution in [3.05, 3.63) is 77.2 Å². The van der Waals surface area contributed by atoms with Gasteiger partial charge >= 0.3 is 0 Å². The zero-order valence-electron chi connectivity index (χ0n) is 12.8. The van der Waals surface area contributed by atoms with Gasteiger partial charge in [0.25, 0.3) is 5.24 Å². The second kappa shape index (κ2) is 6.07. The van der Waals surface area contributed by atoms with Crippen LogP contribution in [-0.4, -0.2) is 16.1 Å². The molecular formula is C19H11NO4S. The number of carbonyl (C=O) groups is 3. The number of amides is 1. The molecule has 2 heterocycles. The highest BCUT2D eigenvalue weighted by atomic mass is 32.2. The van der Waals surface area contributed by atoms with E-state index in [0.29, 0.717) is 22.9 Å². The van der Waals surface area contributed by atoms with E-state index in [4.69, 9.17) is 4.42 Å². The summed E-state index contributed by atoms with van der Waals surface area (Å²) in [6.07, 6.45) is 1.60. The van der Waals surface area contributed by atoms with Gasteiger partial charge in [-0.25, -0.2) is 0 Å². The molecule has 2 aromatic carbocycles. The van der Waals surface area contributed by atoms with E-state index in [9.17, 15) is 14.4 Å². The minimum atomic E-state index is -0.378. The number of hydrogen-bond acceptors (Lipinski definition) is 5. The third-order valence-corrected chi connectivity index (χ3v) is 4.45. The van der Waals surface area contributed by atoms with Crippen molar-refractivity contribution in [1.82, 2.24) is 5.32 Å². The molecule has 0 saturated carbocycles. The number of benzene rings is 2. The molecule has 1 amide bonds. The molecule has 1 aliphatic heterocycles. The van der Waals surface area contributed by atoms with Crippen LogP contribution in [0.25, 0.3) is 17.0 Å². The molecule has 1 aliphatic rings. The lowest BCUT2D eigenvalue weighted by Gasteiger charge is -1.96. The summed E-state index contributed by atoms with van der Waals surface area (Å²) < 4.78 is 5.64. The Kier molecular flexibility index (Phi) is 3.74. The van der Waals surface area contributed by atoms with Gasteiger partial charge in [0, 0.05) is 22.7 Å². The van der Waals surface area contributed by atoms with Gasteiger partial charge in [-0.15, -0.1) is 0 Å². The van der Waals surface area contributed by atoms with E-state index >= 15 is 0 Å². The zero-order chi connectivity index (χ0) is 17.4. The first-order chi connectivity index (χ1) is 12.1. The van der Waals surface area contributed by atoms with Gasteiger partial charge in [-0.1, -0.05) is 36.4 Å². The lowest BCUT2D eigenvalue weighted by Crippen LogP contribution is -2.10. The Labute approximate surface area is 146 Å². The van der Waals surface area contributed by atoms with Crippen LogP contribution in [0.15, 0.2) is 64.7 Å². The minimum Gasteiger partial charge on any atom is -0.453 e. The fraction of sp³-hybridized carbons (Fsp3) is 0. The van der Waals surface area contributed by atoms with E-state index in [1.54, 1.807) is 54.6 Å². The topological polar surface area (TPSA) is 76.4 Å². The van der Waals surface area contributed by atoms with E-state index < -0.39 is 0 Å². The molecule has 25 heavy (non-hydrogen) atoms. The molecule has 122 valence electrons. The van der Waals surface area contributed by atoms with Gasteiger partial charge in [-0.3, -0.25) is 14.4 Å². The van der Waals surface area contributed by atoms with Crippen LogP contribution >= 0.6 is 11.8 Å². The average molecular weight is 349 g/mol. The molecule has 3 aromatic rings. The van der Waals surface area contributed by atoms with Crippen LogP contribution in [0.2, 0.25) is 0 Å². The molecule has 1 saturated heterocycles. The smallest absolute Gasteiger partial charge is 0.291 e. The van der Waals surface area contributed by atoms with Gasteiger partial charge in [0.15, 0.2) is 5.76 Å². The number of ketones is 1. The first-order valence-electron chi connectivity index (χ1n) is 7.48. The Morgan fingerprint density at radius 1 is 1.04 bits per heavy atom. The number of carbonyl (C=O) groups excluding carboxylic acids is 3. The van der Waals surface area contributed by atoms with Crippen LogP contribution in [0, 0.1) is 0 Å². The fourth-order valence-corrected chi connectivity index (χ4v) is 3.13. The van der Waals surface area contributed by atoms with Crippen molar-refractivity contribution in [2.45, 2.75) is 0 Å². The number of furan rings is 1. The van der Waals surface area contributed by atoms with Gasteiger partial charge in [0.1, 0.15) is 5.58 Å². The van der Waals surface area contributed by atoms with Gasteiger partial charge < -0.3 is 9.73 Å². The summed E-state index contributed by atoms with van der Waals surface area (Å²) in [4.78, 5) is 35.3. The molecule has 4 rings (SSSR count). The van der Waals surface area contributed by atoms with E-state index in [-0.39, 0.29) is 27.6 Å². The summed E-state index contributed by atoms with van der Waals surface area (Å²) in [7, 11) is 0. The highest BCUT2D eigenvalue weighted by molar-refractivity contribution is 8.27. The molecule has 0 aliphatic carbocycles. The monoisotopic (exact) mass is 349 g/mol. The number of nitrogens with one attached hydrogen (secondary N) is 1. The molecule has 5 nitrogen and oxygen atoms in total. The Bertz CT molecular complexity index is 1050. The number of fused-ring (bicyclic) bond motifs is 1. The predicted octanol–water partition coefficient (Wildman–Crippen LogP) is 3.99. The lowest BCUT2D eigenvalue weighted by atomic mass is 10.1. The van der Waals surface area contributed by atoms with Crippen molar-refractivity contribution in [2.75, 3.05) is 0 Å². The van der Waals surface area contributed by atoms with E-state index in [1.165, 1.54) is 0 Å². The molecule has 1 fully saturated rings. The van der Waals surface area contributed by atoms with Crippen molar-refractivity contribution in [1.29, 1.82) is 0 Å². The maximum Gasteiger partial charge on any atom is 0.291 e. The van der Waals surface area contributed by atoms with E-state index in [2.05, 4.69) is 5.32 Å². The molecule has 0 radical (unpaired) electrons. The third-order valence-electron chi connectivity index (χ3n) is 3.75. The van der Waals surface area contributed by atoms with Crippen molar-refractivity contribution >= 4 is 44.9 Å². The maximum atomic E-state index is 12.5. The SMILES string of the molecule is O=C1NC(=Cc2ccc3oc(C(=O)c4ccccc4)cc3c2)C(=O)S1.